The Balaban J connectivity index is 0.000000316. The fraction of sp³-hybridized carbons (Fsp3) is 0.300. The second kappa shape index (κ2) is 19.4. The van der Waals surface area contributed by atoms with E-state index in [9.17, 15) is 14.4 Å². The third-order valence-corrected chi connectivity index (χ3v) is 6.58. The maximum atomic E-state index is 11.2. The highest BCUT2D eigenvalue weighted by atomic mass is 79.9. The van der Waals surface area contributed by atoms with E-state index >= 15 is 0 Å². The van der Waals surface area contributed by atoms with Crippen LogP contribution >= 0.6 is 31.9 Å². The van der Waals surface area contributed by atoms with Crippen molar-refractivity contribution < 1.29 is 38.4 Å². The van der Waals surface area contributed by atoms with Gasteiger partial charge in [-0.25, -0.2) is 0 Å². The number of carboxylic acid groups (broad SMARTS) is 1. The summed E-state index contributed by atoms with van der Waals surface area (Å²) in [6.07, 6.45) is 0.632. The Labute approximate surface area is 263 Å². The summed E-state index contributed by atoms with van der Waals surface area (Å²) >= 11 is 6.62. The molecule has 12 heteroatoms. The number of hydrogen-bond donors (Lipinski definition) is 3. The van der Waals surface area contributed by atoms with Crippen LogP contribution in [-0.2, 0) is 33.6 Å². The molecule has 0 aliphatic carbocycles. The van der Waals surface area contributed by atoms with Crippen molar-refractivity contribution in [3.05, 3.63) is 80.2 Å². The lowest BCUT2D eigenvalue weighted by Crippen LogP contribution is -2.20. The molecule has 0 saturated carbocycles. The largest absolute Gasteiger partial charge is 0.497 e. The molecule has 2 amide bonds. The molecule has 3 rings (SSSR count). The van der Waals surface area contributed by atoms with Crippen LogP contribution < -0.4 is 29.6 Å². The van der Waals surface area contributed by atoms with Gasteiger partial charge in [0.2, 0.25) is 11.8 Å². The molecule has 42 heavy (non-hydrogen) atoms. The molecule has 0 bridgehead atoms. The summed E-state index contributed by atoms with van der Waals surface area (Å²) in [6, 6.07) is 16.3. The van der Waals surface area contributed by atoms with Crippen LogP contribution in [0.3, 0.4) is 0 Å². The van der Waals surface area contributed by atoms with Crippen LogP contribution in [0.25, 0.3) is 0 Å². The lowest BCUT2D eigenvalue weighted by molar-refractivity contribution is -0.136. The second-order valence-corrected chi connectivity index (χ2v) is 10.2. The van der Waals surface area contributed by atoms with Crippen LogP contribution in [0.5, 0.6) is 23.0 Å². The van der Waals surface area contributed by atoms with Crippen LogP contribution in [0.2, 0.25) is 0 Å². The van der Waals surface area contributed by atoms with Crippen molar-refractivity contribution >= 4 is 49.6 Å². The molecule has 0 saturated heterocycles. The van der Waals surface area contributed by atoms with Crippen LogP contribution in [0.15, 0.2) is 63.5 Å². The van der Waals surface area contributed by atoms with Gasteiger partial charge in [-0.05, 0) is 30.3 Å². The van der Waals surface area contributed by atoms with Gasteiger partial charge >= 0.3 is 5.97 Å². The van der Waals surface area contributed by atoms with Crippen molar-refractivity contribution in [2.24, 2.45) is 0 Å². The summed E-state index contributed by atoms with van der Waals surface area (Å²) in [5.74, 6) is 1.77. The minimum Gasteiger partial charge on any atom is -0.497 e. The van der Waals surface area contributed by atoms with Gasteiger partial charge in [-0.15, -0.1) is 0 Å². The van der Waals surface area contributed by atoms with Crippen molar-refractivity contribution in [1.29, 1.82) is 0 Å². The average Bonchev–Trinajstić information content (AvgIpc) is 2.99. The normalized spacial score (nSPS) is 9.62. The van der Waals surface area contributed by atoms with Gasteiger partial charge in [0.1, 0.15) is 23.0 Å². The molecular formula is C30H36Br2N2O8. The Bertz CT molecular complexity index is 1330. The van der Waals surface area contributed by atoms with Crippen molar-refractivity contribution in [1.82, 2.24) is 10.6 Å². The standard InChI is InChI=1S/C11H15NO3.C10H12BrNO2.C9H9BrO3/c1-12-11(13)6-8-4-5-9(14-2)7-10(8)15-3;1-12-10(13)5-7-3-4-8(11)6-9(7)14-2;1-13-8-5-7(10)3-2-6(8)4-9(11)12/h4-5,7H,6H2,1-3H3,(H,12,13);3-4,6H,5H2,1-2H3,(H,12,13);2-3,5H,4H2,1H3,(H,11,12). The summed E-state index contributed by atoms with van der Waals surface area (Å²) in [5, 5.41) is 13.7. The molecular weight excluding hydrogens is 676 g/mol. The zero-order chi connectivity index (χ0) is 31.7. The first-order valence-corrected chi connectivity index (χ1v) is 14.1. The van der Waals surface area contributed by atoms with Gasteiger partial charge in [-0.2, -0.15) is 0 Å². The molecule has 3 aromatic carbocycles. The number of amides is 2. The first-order valence-electron chi connectivity index (χ1n) is 12.5. The number of carbonyl (C=O) groups excluding carboxylic acids is 2. The van der Waals surface area contributed by atoms with E-state index in [4.69, 9.17) is 24.1 Å². The summed E-state index contributed by atoms with van der Waals surface area (Å²) in [6.45, 7) is 0. The number of ether oxygens (including phenoxy) is 4. The molecule has 228 valence electrons. The highest BCUT2D eigenvalue weighted by molar-refractivity contribution is 9.10. The predicted octanol–water partition coefficient (Wildman–Crippen LogP) is 4.82. The van der Waals surface area contributed by atoms with Crippen molar-refractivity contribution in [3.8, 4) is 23.0 Å². The van der Waals surface area contributed by atoms with Crippen LogP contribution in [0.1, 0.15) is 16.7 Å². The molecule has 0 aromatic heterocycles. The molecule has 0 radical (unpaired) electrons. The summed E-state index contributed by atoms with van der Waals surface area (Å²) < 4.78 is 22.2. The lowest BCUT2D eigenvalue weighted by Gasteiger charge is -2.09. The van der Waals surface area contributed by atoms with E-state index in [2.05, 4.69) is 42.5 Å². The Hall–Kier alpha value is -3.77. The minimum atomic E-state index is -0.861. The summed E-state index contributed by atoms with van der Waals surface area (Å²) in [4.78, 5) is 32.8. The van der Waals surface area contributed by atoms with Crippen LogP contribution in [-0.4, -0.2) is 65.4 Å². The first kappa shape index (κ1) is 36.3. The quantitative estimate of drug-likeness (QED) is 0.273. The number of carbonyl (C=O) groups is 3. The first-order chi connectivity index (χ1) is 20.0. The number of rotatable bonds is 10. The third-order valence-electron chi connectivity index (χ3n) is 5.59. The van der Waals surface area contributed by atoms with E-state index in [-0.39, 0.29) is 18.2 Å². The van der Waals surface area contributed by atoms with E-state index in [0.29, 0.717) is 35.7 Å². The smallest absolute Gasteiger partial charge is 0.307 e. The highest BCUT2D eigenvalue weighted by Crippen LogP contribution is 2.26. The SMILES string of the molecule is CNC(=O)Cc1ccc(Br)cc1OC.CNC(=O)Cc1ccc(OC)cc1OC.COc1cc(Br)ccc1CC(=O)O. The Kier molecular flexibility index (Phi) is 16.7. The van der Waals surface area contributed by atoms with Gasteiger partial charge in [0, 0.05) is 45.8 Å². The van der Waals surface area contributed by atoms with Gasteiger partial charge in [0.25, 0.3) is 0 Å². The number of hydrogen-bond acceptors (Lipinski definition) is 7. The number of likely N-dealkylation sites (N-methyl/N-ethyl adjacent to an activating group) is 2. The van der Waals surface area contributed by atoms with Gasteiger partial charge in [-0.3, -0.25) is 14.4 Å². The number of benzene rings is 3. The molecule has 3 aromatic rings. The maximum absolute atomic E-state index is 11.2. The van der Waals surface area contributed by atoms with E-state index in [0.717, 1.165) is 25.8 Å². The molecule has 3 N–H and O–H groups in total. The van der Waals surface area contributed by atoms with Crippen molar-refractivity contribution in [2.45, 2.75) is 19.3 Å². The monoisotopic (exact) mass is 710 g/mol. The molecule has 0 fully saturated rings. The van der Waals surface area contributed by atoms with E-state index in [1.807, 2.05) is 24.3 Å². The minimum absolute atomic E-state index is 0.0174. The van der Waals surface area contributed by atoms with Crippen LogP contribution in [0.4, 0.5) is 0 Å². The lowest BCUT2D eigenvalue weighted by atomic mass is 10.1. The zero-order valence-electron chi connectivity index (χ0n) is 24.4. The zero-order valence-corrected chi connectivity index (χ0v) is 27.6. The maximum Gasteiger partial charge on any atom is 0.307 e. The number of aliphatic carboxylic acids is 1. The molecule has 0 unspecified atom stereocenters. The average molecular weight is 712 g/mol. The van der Waals surface area contributed by atoms with Crippen LogP contribution in [0, 0.1) is 0 Å². The summed E-state index contributed by atoms with van der Waals surface area (Å²) in [5.41, 5.74) is 2.41. The van der Waals surface area contributed by atoms with Gasteiger partial charge < -0.3 is 34.7 Å². The Morgan fingerprint density at radius 1 is 0.619 bits per heavy atom. The van der Waals surface area contributed by atoms with E-state index < -0.39 is 5.97 Å². The molecule has 0 heterocycles. The Morgan fingerprint density at radius 2 is 1.00 bits per heavy atom. The topological polar surface area (TPSA) is 132 Å². The van der Waals surface area contributed by atoms with E-state index in [1.165, 1.54) is 7.11 Å². The molecule has 0 aliphatic rings. The third kappa shape index (κ3) is 12.8. The van der Waals surface area contributed by atoms with Crippen molar-refractivity contribution in [2.75, 3.05) is 42.5 Å². The number of halogens is 2. The molecule has 10 nitrogen and oxygen atoms in total. The highest BCUT2D eigenvalue weighted by Gasteiger charge is 2.09. The second-order valence-electron chi connectivity index (χ2n) is 8.36. The van der Waals surface area contributed by atoms with E-state index in [1.54, 1.807) is 65.8 Å². The fourth-order valence-electron chi connectivity index (χ4n) is 3.41. The molecule has 0 atom stereocenters. The number of methoxy groups -OCH3 is 4. The van der Waals surface area contributed by atoms with Gasteiger partial charge in [-0.1, -0.05) is 50.1 Å². The predicted molar refractivity (Wildman–Crippen MR) is 168 cm³/mol. The Morgan fingerprint density at radius 3 is 1.36 bits per heavy atom. The van der Waals surface area contributed by atoms with Crippen molar-refractivity contribution in [3.63, 3.8) is 0 Å². The summed E-state index contributed by atoms with van der Waals surface area (Å²) in [7, 11) is 9.50. The van der Waals surface area contributed by atoms with Gasteiger partial charge in [0.05, 0.1) is 47.7 Å². The molecule has 0 aliphatic heterocycles. The fourth-order valence-corrected chi connectivity index (χ4v) is 4.09. The van der Waals surface area contributed by atoms with Gasteiger partial charge in [0.15, 0.2) is 0 Å². The number of nitrogens with one attached hydrogen (secondary N) is 2. The molecule has 0 spiro atoms. The number of carboxylic acids is 1.